The molecule has 0 unspecified atom stereocenters. The summed E-state index contributed by atoms with van der Waals surface area (Å²) < 4.78 is 4.77. The number of carbonyl (C=O) groups is 3. The number of amides is 2. The number of nitrogens with zero attached hydrogens (tertiary/aromatic N) is 5. The van der Waals surface area contributed by atoms with Crippen molar-refractivity contribution < 1.29 is 24.0 Å². The van der Waals surface area contributed by atoms with Crippen LogP contribution in [0.2, 0.25) is 0 Å². The van der Waals surface area contributed by atoms with Gasteiger partial charge in [0.2, 0.25) is 0 Å². The zero-order valence-electron chi connectivity index (χ0n) is 19.5. The fourth-order valence-electron chi connectivity index (χ4n) is 4.24. The zero-order valence-corrected chi connectivity index (χ0v) is 19.5. The molecule has 5 rings (SSSR count). The molecule has 2 aromatic carbocycles. The minimum atomic E-state index is -1.07. The molecule has 1 saturated heterocycles. The van der Waals surface area contributed by atoms with Gasteiger partial charge in [0.15, 0.2) is 0 Å². The van der Waals surface area contributed by atoms with Gasteiger partial charge in [-0.1, -0.05) is 23.4 Å². The SMILES string of the molecule is CC1=NN(c2cccc(C(=O)O)c2)C(=O)/C1=C\c1ccc(N2CCN(C(=O)c3cnoc3)CC2)cc1. The Kier molecular flexibility index (Phi) is 6.07. The van der Waals surface area contributed by atoms with Gasteiger partial charge in [-0.3, -0.25) is 9.59 Å². The number of rotatable bonds is 5. The number of aromatic carboxylic acids is 1. The van der Waals surface area contributed by atoms with E-state index in [9.17, 15) is 19.5 Å². The molecule has 10 heteroatoms. The maximum Gasteiger partial charge on any atom is 0.335 e. The van der Waals surface area contributed by atoms with Gasteiger partial charge < -0.3 is 19.4 Å². The van der Waals surface area contributed by atoms with E-state index >= 15 is 0 Å². The summed E-state index contributed by atoms with van der Waals surface area (Å²) in [5.41, 5.74) is 3.82. The van der Waals surface area contributed by atoms with Crippen molar-refractivity contribution in [3.63, 3.8) is 0 Å². The predicted molar refractivity (Wildman–Crippen MR) is 133 cm³/mol. The molecule has 0 aliphatic carbocycles. The van der Waals surface area contributed by atoms with Crippen molar-refractivity contribution >= 4 is 40.9 Å². The highest BCUT2D eigenvalue weighted by molar-refractivity contribution is 6.32. The van der Waals surface area contributed by atoms with Crippen molar-refractivity contribution in [3.8, 4) is 0 Å². The first-order chi connectivity index (χ1) is 17.4. The quantitative estimate of drug-likeness (QED) is 0.552. The van der Waals surface area contributed by atoms with Crippen LogP contribution >= 0.6 is 0 Å². The normalized spacial score (nSPS) is 17.0. The van der Waals surface area contributed by atoms with Crippen LogP contribution in [0.5, 0.6) is 0 Å². The standard InChI is InChI=1S/C26H23N5O5/c1-17-23(25(33)31(28-17)22-4-2-3-19(14-22)26(34)35)13-18-5-7-21(8-6-18)29-9-11-30(12-10-29)24(32)20-15-27-36-16-20/h2-8,13-16H,9-12H2,1H3,(H,34,35)/b23-13-. The highest BCUT2D eigenvalue weighted by Gasteiger charge is 2.29. The van der Waals surface area contributed by atoms with Gasteiger partial charge in [0.25, 0.3) is 11.8 Å². The second-order valence-corrected chi connectivity index (χ2v) is 8.50. The Hall–Kier alpha value is -4.73. The summed E-state index contributed by atoms with van der Waals surface area (Å²) >= 11 is 0. The molecule has 2 amide bonds. The Morgan fingerprint density at radius 1 is 1.00 bits per heavy atom. The van der Waals surface area contributed by atoms with Crippen molar-refractivity contribution in [2.75, 3.05) is 36.1 Å². The van der Waals surface area contributed by atoms with Gasteiger partial charge in [-0.15, -0.1) is 0 Å². The minimum Gasteiger partial charge on any atom is -0.478 e. The van der Waals surface area contributed by atoms with Crippen LogP contribution in [0.3, 0.4) is 0 Å². The maximum atomic E-state index is 13.0. The van der Waals surface area contributed by atoms with E-state index in [1.807, 2.05) is 24.3 Å². The van der Waals surface area contributed by atoms with Gasteiger partial charge in [0, 0.05) is 31.9 Å². The molecule has 36 heavy (non-hydrogen) atoms. The molecule has 182 valence electrons. The van der Waals surface area contributed by atoms with Gasteiger partial charge in [0.1, 0.15) is 6.26 Å². The Balaban J connectivity index is 1.25. The van der Waals surface area contributed by atoms with E-state index in [1.165, 1.54) is 29.6 Å². The highest BCUT2D eigenvalue weighted by Crippen LogP contribution is 2.26. The van der Waals surface area contributed by atoms with Gasteiger partial charge in [-0.2, -0.15) is 10.1 Å². The second-order valence-electron chi connectivity index (χ2n) is 8.50. The maximum absolute atomic E-state index is 13.0. The molecule has 3 aromatic rings. The average molecular weight is 486 g/mol. The number of benzene rings is 2. The summed E-state index contributed by atoms with van der Waals surface area (Å²) in [5.74, 6) is -1.46. The number of carboxylic acids is 1. The molecule has 2 aliphatic rings. The Bertz CT molecular complexity index is 1370. The number of piperazine rings is 1. The van der Waals surface area contributed by atoms with Gasteiger partial charge >= 0.3 is 5.97 Å². The summed E-state index contributed by atoms with van der Waals surface area (Å²) in [6.45, 7) is 4.34. The number of hydrogen-bond acceptors (Lipinski definition) is 7. The van der Waals surface area contributed by atoms with E-state index in [4.69, 9.17) is 4.52 Å². The third kappa shape index (κ3) is 4.48. The fourth-order valence-corrected chi connectivity index (χ4v) is 4.24. The third-order valence-electron chi connectivity index (χ3n) is 6.22. The number of aromatic nitrogens is 1. The van der Waals surface area contributed by atoms with Gasteiger partial charge in [-0.25, -0.2) is 4.79 Å². The van der Waals surface area contributed by atoms with Crippen molar-refractivity contribution in [2.24, 2.45) is 5.10 Å². The first-order valence-corrected chi connectivity index (χ1v) is 11.4. The van der Waals surface area contributed by atoms with E-state index in [0.717, 1.165) is 11.3 Å². The summed E-state index contributed by atoms with van der Waals surface area (Å²) in [5, 5.41) is 18.4. The van der Waals surface area contributed by atoms with E-state index in [1.54, 1.807) is 30.0 Å². The molecule has 0 bridgehead atoms. The molecular formula is C26H23N5O5. The first kappa shape index (κ1) is 23.0. The number of carbonyl (C=O) groups excluding carboxylic acids is 2. The summed E-state index contributed by atoms with van der Waals surface area (Å²) in [6, 6.07) is 14.0. The van der Waals surface area contributed by atoms with Crippen molar-refractivity contribution in [1.82, 2.24) is 10.1 Å². The fraction of sp³-hybridized carbons (Fsp3) is 0.192. The Morgan fingerprint density at radius 2 is 1.75 bits per heavy atom. The Morgan fingerprint density at radius 3 is 2.42 bits per heavy atom. The summed E-state index contributed by atoms with van der Waals surface area (Å²) in [4.78, 5) is 40.8. The van der Waals surface area contributed by atoms with Crippen LogP contribution < -0.4 is 9.91 Å². The first-order valence-electron chi connectivity index (χ1n) is 11.4. The zero-order chi connectivity index (χ0) is 25.2. The van der Waals surface area contributed by atoms with E-state index in [-0.39, 0.29) is 17.4 Å². The van der Waals surface area contributed by atoms with Crippen LogP contribution in [0.15, 0.2) is 76.2 Å². The molecule has 0 spiro atoms. The third-order valence-corrected chi connectivity index (χ3v) is 6.22. The van der Waals surface area contributed by atoms with Crippen LogP contribution in [-0.4, -0.2) is 64.8 Å². The van der Waals surface area contributed by atoms with Crippen molar-refractivity contribution in [3.05, 3.63) is 83.3 Å². The van der Waals surface area contributed by atoms with Crippen LogP contribution in [0.4, 0.5) is 11.4 Å². The largest absolute Gasteiger partial charge is 0.478 e. The topological polar surface area (TPSA) is 120 Å². The van der Waals surface area contributed by atoms with Crippen LogP contribution in [0.25, 0.3) is 6.08 Å². The molecule has 0 radical (unpaired) electrons. The molecule has 1 aromatic heterocycles. The van der Waals surface area contributed by atoms with Gasteiger partial charge in [0.05, 0.1) is 34.3 Å². The number of hydrazone groups is 1. The van der Waals surface area contributed by atoms with Crippen LogP contribution in [0, 0.1) is 0 Å². The number of carboxylic acid groups (broad SMARTS) is 1. The lowest BCUT2D eigenvalue weighted by molar-refractivity contribution is -0.114. The lowest BCUT2D eigenvalue weighted by atomic mass is 10.1. The smallest absolute Gasteiger partial charge is 0.335 e. The van der Waals surface area contributed by atoms with Crippen LogP contribution in [0.1, 0.15) is 33.2 Å². The summed E-state index contributed by atoms with van der Waals surface area (Å²) in [6.07, 6.45) is 4.56. The van der Waals surface area contributed by atoms with E-state index in [2.05, 4.69) is 15.2 Å². The molecule has 1 N–H and O–H groups in total. The van der Waals surface area contributed by atoms with Gasteiger partial charge in [-0.05, 0) is 48.9 Å². The number of anilines is 2. The highest BCUT2D eigenvalue weighted by atomic mass is 16.5. The lowest BCUT2D eigenvalue weighted by Crippen LogP contribution is -2.48. The molecule has 1 fully saturated rings. The minimum absolute atomic E-state index is 0.0835. The van der Waals surface area contributed by atoms with Crippen molar-refractivity contribution in [1.29, 1.82) is 0 Å². The number of hydrogen-bond donors (Lipinski definition) is 1. The van der Waals surface area contributed by atoms with Crippen molar-refractivity contribution in [2.45, 2.75) is 6.92 Å². The van der Waals surface area contributed by atoms with E-state index in [0.29, 0.717) is 48.7 Å². The predicted octanol–water partition coefficient (Wildman–Crippen LogP) is 3.14. The lowest BCUT2D eigenvalue weighted by Gasteiger charge is -2.36. The second kappa shape index (κ2) is 9.49. The van der Waals surface area contributed by atoms with E-state index < -0.39 is 5.97 Å². The molecule has 3 heterocycles. The molecular weight excluding hydrogens is 462 g/mol. The molecule has 0 saturated carbocycles. The average Bonchev–Trinajstić information content (AvgIpc) is 3.54. The molecule has 0 atom stereocenters. The molecule has 2 aliphatic heterocycles. The van der Waals surface area contributed by atoms with Crippen LogP contribution in [-0.2, 0) is 4.79 Å². The Labute approximate surface area is 206 Å². The molecule has 10 nitrogen and oxygen atoms in total. The monoisotopic (exact) mass is 485 g/mol. The summed E-state index contributed by atoms with van der Waals surface area (Å²) in [7, 11) is 0.